The summed E-state index contributed by atoms with van der Waals surface area (Å²) >= 11 is 0. The highest BCUT2D eigenvalue weighted by molar-refractivity contribution is 5.87. The van der Waals surface area contributed by atoms with E-state index in [0.29, 0.717) is 24.5 Å². The second-order valence-electron chi connectivity index (χ2n) is 9.81. The van der Waals surface area contributed by atoms with E-state index >= 15 is 0 Å². The molecule has 134 valence electrons. The first-order valence-corrected chi connectivity index (χ1v) is 10.0. The van der Waals surface area contributed by atoms with Crippen LogP contribution in [0.25, 0.3) is 0 Å². The lowest BCUT2D eigenvalue weighted by atomic mass is 9.44. The fraction of sp³-hybridized carbons (Fsp3) is 0.905. The largest absolute Gasteiger partial charge is 0.393 e. The molecule has 8 atom stereocenters. The molecule has 4 fully saturated rings. The van der Waals surface area contributed by atoms with Gasteiger partial charge in [-0.3, -0.25) is 9.59 Å². The molecule has 0 aromatic rings. The van der Waals surface area contributed by atoms with Gasteiger partial charge in [0.1, 0.15) is 11.6 Å². The normalized spacial score (nSPS) is 53.9. The quantitative estimate of drug-likeness (QED) is 0.795. The van der Waals surface area contributed by atoms with Crippen LogP contribution in [0, 0.1) is 40.4 Å². The maximum Gasteiger partial charge on any atom is 0.137 e. The molecule has 24 heavy (non-hydrogen) atoms. The molecule has 3 heteroatoms. The highest BCUT2D eigenvalue weighted by Gasteiger charge is 2.65. The first-order valence-electron chi connectivity index (χ1n) is 10.0. The Kier molecular flexibility index (Phi) is 3.77. The lowest BCUT2D eigenvalue weighted by Gasteiger charge is -2.59. The minimum Gasteiger partial charge on any atom is -0.393 e. The maximum atomic E-state index is 13.3. The van der Waals surface area contributed by atoms with Crippen molar-refractivity contribution in [1.82, 2.24) is 0 Å². The molecular formula is C21H32O3. The van der Waals surface area contributed by atoms with Crippen molar-refractivity contribution in [3.63, 3.8) is 0 Å². The molecule has 0 bridgehead atoms. The fourth-order valence-corrected chi connectivity index (χ4v) is 7.82. The van der Waals surface area contributed by atoms with Gasteiger partial charge in [-0.15, -0.1) is 0 Å². The summed E-state index contributed by atoms with van der Waals surface area (Å²) in [6, 6.07) is 0. The van der Waals surface area contributed by atoms with Crippen LogP contribution in [0.3, 0.4) is 0 Å². The summed E-state index contributed by atoms with van der Waals surface area (Å²) in [4.78, 5) is 25.5. The van der Waals surface area contributed by atoms with E-state index in [4.69, 9.17) is 0 Å². The topological polar surface area (TPSA) is 54.4 Å². The number of rotatable bonds is 1. The van der Waals surface area contributed by atoms with Crippen LogP contribution < -0.4 is 0 Å². The predicted molar refractivity (Wildman–Crippen MR) is 92.3 cm³/mol. The van der Waals surface area contributed by atoms with E-state index in [1.165, 1.54) is 32.1 Å². The Balaban J connectivity index is 1.74. The average molecular weight is 332 g/mol. The monoisotopic (exact) mass is 332 g/mol. The number of aliphatic hydroxyl groups excluding tert-OH is 1. The summed E-state index contributed by atoms with van der Waals surface area (Å²) in [5, 5.41) is 10.9. The van der Waals surface area contributed by atoms with Crippen molar-refractivity contribution < 1.29 is 14.7 Å². The van der Waals surface area contributed by atoms with Gasteiger partial charge in [-0.05, 0) is 67.6 Å². The Labute approximate surface area is 145 Å². The average Bonchev–Trinajstić information content (AvgIpc) is 2.77. The summed E-state index contributed by atoms with van der Waals surface area (Å²) in [6.45, 7) is 6.11. The number of hydrogen-bond donors (Lipinski definition) is 1. The number of ketones is 2. The van der Waals surface area contributed by atoms with Crippen molar-refractivity contribution in [3.8, 4) is 0 Å². The van der Waals surface area contributed by atoms with Crippen molar-refractivity contribution in [3.05, 3.63) is 0 Å². The first kappa shape index (κ1) is 16.8. The first-order chi connectivity index (χ1) is 11.3. The summed E-state index contributed by atoms with van der Waals surface area (Å²) in [7, 11) is 0. The van der Waals surface area contributed by atoms with Crippen molar-refractivity contribution in [2.45, 2.75) is 78.2 Å². The van der Waals surface area contributed by atoms with Crippen molar-refractivity contribution in [1.29, 1.82) is 0 Å². The van der Waals surface area contributed by atoms with Gasteiger partial charge in [-0.2, -0.15) is 0 Å². The van der Waals surface area contributed by atoms with Crippen molar-refractivity contribution in [2.75, 3.05) is 0 Å². The number of hydrogen-bond acceptors (Lipinski definition) is 3. The van der Waals surface area contributed by atoms with E-state index in [-0.39, 0.29) is 40.3 Å². The van der Waals surface area contributed by atoms with Gasteiger partial charge in [0.25, 0.3) is 0 Å². The standard InChI is InChI=1S/C21H32O3/c1-12(22)15-10-16(23)18-14-8-7-13-6-4-5-9-20(13,2)19(14)17(24)11-21(15,18)3/h13-16,18-19,23H,4-11H2,1-3H3/t13?,14-,15+,16?,18+,19+,20-,21+/m0/s1. The van der Waals surface area contributed by atoms with Gasteiger partial charge in [0.15, 0.2) is 0 Å². The molecular weight excluding hydrogens is 300 g/mol. The lowest BCUT2D eigenvalue weighted by molar-refractivity contribution is -0.162. The smallest absolute Gasteiger partial charge is 0.137 e. The summed E-state index contributed by atoms with van der Waals surface area (Å²) < 4.78 is 0. The van der Waals surface area contributed by atoms with Crippen LogP contribution in [0.4, 0.5) is 0 Å². The molecule has 0 heterocycles. The molecule has 0 aromatic heterocycles. The number of aliphatic hydroxyl groups is 1. The molecule has 3 nitrogen and oxygen atoms in total. The molecule has 4 rings (SSSR count). The zero-order valence-electron chi connectivity index (χ0n) is 15.4. The molecule has 0 spiro atoms. The predicted octanol–water partition coefficient (Wildman–Crippen LogP) is 3.77. The molecule has 4 aliphatic rings. The van der Waals surface area contributed by atoms with E-state index in [9.17, 15) is 14.7 Å². The fourth-order valence-electron chi connectivity index (χ4n) is 7.82. The number of fused-ring (bicyclic) bond motifs is 5. The zero-order chi connectivity index (χ0) is 17.3. The van der Waals surface area contributed by atoms with Gasteiger partial charge in [-0.1, -0.05) is 26.7 Å². The van der Waals surface area contributed by atoms with E-state index in [1.807, 2.05) is 0 Å². The van der Waals surface area contributed by atoms with Gasteiger partial charge >= 0.3 is 0 Å². The van der Waals surface area contributed by atoms with Gasteiger partial charge < -0.3 is 5.11 Å². The Morgan fingerprint density at radius 1 is 1.12 bits per heavy atom. The van der Waals surface area contributed by atoms with Crippen LogP contribution in [-0.2, 0) is 9.59 Å². The third kappa shape index (κ3) is 2.06. The Bertz CT molecular complexity index is 569. The van der Waals surface area contributed by atoms with Crippen LogP contribution in [0.15, 0.2) is 0 Å². The molecule has 0 saturated heterocycles. The Morgan fingerprint density at radius 2 is 1.88 bits per heavy atom. The number of Topliss-reactive ketones (excluding diaryl/α,β-unsaturated/α-hetero) is 2. The van der Waals surface area contributed by atoms with E-state index in [2.05, 4.69) is 13.8 Å². The molecule has 4 aliphatic carbocycles. The van der Waals surface area contributed by atoms with E-state index in [0.717, 1.165) is 6.42 Å². The molecule has 0 aromatic carbocycles. The highest BCUT2D eigenvalue weighted by atomic mass is 16.3. The Morgan fingerprint density at radius 3 is 2.58 bits per heavy atom. The minimum atomic E-state index is -0.409. The molecule has 0 amide bonds. The highest BCUT2D eigenvalue weighted by Crippen LogP contribution is 2.66. The number of carbonyl (C=O) groups excluding carboxylic acids is 2. The zero-order valence-corrected chi connectivity index (χ0v) is 15.4. The third-order valence-corrected chi connectivity index (χ3v) is 8.74. The van der Waals surface area contributed by atoms with Gasteiger partial charge in [0.05, 0.1) is 6.10 Å². The van der Waals surface area contributed by atoms with E-state index in [1.54, 1.807) is 6.92 Å². The Hall–Kier alpha value is -0.700. The lowest BCUT2D eigenvalue weighted by Crippen LogP contribution is -2.58. The summed E-state index contributed by atoms with van der Waals surface area (Å²) in [5.41, 5.74) is -0.186. The molecule has 1 N–H and O–H groups in total. The third-order valence-electron chi connectivity index (χ3n) is 8.74. The van der Waals surface area contributed by atoms with Crippen molar-refractivity contribution >= 4 is 11.6 Å². The van der Waals surface area contributed by atoms with Crippen LogP contribution in [0.2, 0.25) is 0 Å². The number of carbonyl (C=O) groups is 2. The summed E-state index contributed by atoms with van der Waals surface area (Å²) in [6.07, 6.45) is 7.91. The second-order valence-corrected chi connectivity index (χ2v) is 9.81. The SMILES string of the molecule is CC(=O)[C@H]1CC(O)[C@H]2[C@@H]3CCC4CCCC[C@]4(C)[C@H]3C(=O)C[C@]12C. The maximum absolute atomic E-state index is 13.3. The molecule has 4 saturated carbocycles. The van der Waals surface area contributed by atoms with Crippen molar-refractivity contribution in [2.24, 2.45) is 40.4 Å². The van der Waals surface area contributed by atoms with Crippen LogP contribution in [-0.4, -0.2) is 22.8 Å². The van der Waals surface area contributed by atoms with Gasteiger partial charge in [0, 0.05) is 18.3 Å². The van der Waals surface area contributed by atoms with Crippen LogP contribution >= 0.6 is 0 Å². The van der Waals surface area contributed by atoms with Gasteiger partial charge in [-0.25, -0.2) is 0 Å². The van der Waals surface area contributed by atoms with Crippen LogP contribution in [0.1, 0.15) is 72.1 Å². The molecule has 0 aliphatic heterocycles. The molecule has 0 radical (unpaired) electrons. The summed E-state index contributed by atoms with van der Waals surface area (Å²) in [5.74, 6) is 1.64. The van der Waals surface area contributed by atoms with E-state index < -0.39 is 6.10 Å². The molecule has 2 unspecified atom stereocenters. The minimum absolute atomic E-state index is 0.120. The van der Waals surface area contributed by atoms with Crippen LogP contribution in [0.5, 0.6) is 0 Å². The second kappa shape index (κ2) is 5.40. The van der Waals surface area contributed by atoms with Gasteiger partial charge in [0.2, 0.25) is 0 Å².